The van der Waals surface area contributed by atoms with Gasteiger partial charge in [0.05, 0.1) is 18.4 Å². The molecule has 0 aliphatic carbocycles. The normalized spacial score (nSPS) is 18.0. The highest BCUT2D eigenvalue weighted by molar-refractivity contribution is 6.45. The Hall–Kier alpha value is -3.12. The largest absolute Gasteiger partial charge is 0.496 e. The van der Waals surface area contributed by atoms with Crippen LogP contribution >= 0.6 is 0 Å². The number of anilines is 1. The van der Waals surface area contributed by atoms with Crippen molar-refractivity contribution in [2.45, 2.75) is 6.92 Å². The topological polar surface area (TPSA) is 53.1 Å². The number of piperazine rings is 1. The maximum Gasteiger partial charge on any atom is 0.282 e. The summed E-state index contributed by atoms with van der Waals surface area (Å²) in [5.74, 6) is 0.0133. The summed E-state index contributed by atoms with van der Waals surface area (Å²) in [7, 11) is 3.64. The third-order valence-corrected chi connectivity index (χ3v) is 5.61. The minimum absolute atomic E-state index is 0.269. The molecule has 1 fully saturated rings. The molecule has 0 saturated carbocycles. The van der Waals surface area contributed by atoms with Crippen LogP contribution in [0.4, 0.5) is 5.69 Å². The van der Waals surface area contributed by atoms with Crippen LogP contribution in [0.2, 0.25) is 0 Å². The summed E-state index contributed by atoms with van der Waals surface area (Å²) in [6.07, 6.45) is 0. The number of nitrogens with zero attached hydrogens (tertiary/aromatic N) is 3. The number of para-hydroxylation sites is 2. The van der Waals surface area contributed by atoms with E-state index in [-0.39, 0.29) is 11.8 Å². The molecular formula is C23H25N3O3. The summed E-state index contributed by atoms with van der Waals surface area (Å²) in [5.41, 5.74) is 3.04. The van der Waals surface area contributed by atoms with Crippen molar-refractivity contribution >= 4 is 23.1 Å². The first-order valence-corrected chi connectivity index (χ1v) is 9.78. The number of benzene rings is 2. The zero-order valence-electron chi connectivity index (χ0n) is 17.0. The second-order valence-electron chi connectivity index (χ2n) is 7.45. The molecule has 150 valence electrons. The molecular weight excluding hydrogens is 366 g/mol. The molecule has 4 rings (SSSR count). The Labute approximate surface area is 171 Å². The number of hydrogen-bond acceptors (Lipinski definition) is 5. The number of rotatable bonds is 4. The van der Waals surface area contributed by atoms with Crippen molar-refractivity contribution in [3.8, 4) is 5.75 Å². The van der Waals surface area contributed by atoms with E-state index in [4.69, 9.17) is 4.74 Å². The molecule has 2 heterocycles. The first-order chi connectivity index (χ1) is 14.0. The van der Waals surface area contributed by atoms with E-state index >= 15 is 0 Å². The van der Waals surface area contributed by atoms with Crippen LogP contribution in [0.15, 0.2) is 54.2 Å². The summed E-state index contributed by atoms with van der Waals surface area (Å²) < 4.78 is 5.52. The van der Waals surface area contributed by atoms with E-state index in [9.17, 15) is 9.59 Å². The quantitative estimate of drug-likeness (QED) is 0.750. The third kappa shape index (κ3) is 3.29. The van der Waals surface area contributed by atoms with Crippen LogP contribution in [0.1, 0.15) is 11.1 Å². The van der Waals surface area contributed by atoms with E-state index in [0.717, 1.165) is 18.7 Å². The van der Waals surface area contributed by atoms with Crippen molar-refractivity contribution in [2.75, 3.05) is 45.2 Å². The summed E-state index contributed by atoms with van der Waals surface area (Å²) in [6.45, 7) is 4.99. The maximum absolute atomic E-state index is 13.6. The molecule has 0 radical (unpaired) electrons. The lowest BCUT2D eigenvalue weighted by Gasteiger charge is -2.34. The molecule has 0 N–H and O–H groups in total. The number of imide groups is 1. The van der Waals surface area contributed by atoms with E-state index in [1.807, 2.05) is 60.4 Å². The van der Waals surface area contributed by atoms with Gasteiger partial charge in [-0.2, -0.15) is 0 Å². The fourth-order valence-corrected chi connectivity index (χ4v) is 3.97. The lowest BCUT2D eigenvalue weighted by Crippen LogP contribution is -2.46. The van der Waals surface area contributed by atoms with Crippen LogP contribution in [0.5, 0.6) is 5.75 Å². The summed E-state index contributed by atoms with van der Waals surface area (Å²) in [5, 5.41) is 0. The Kier molecular flexibility index (Phi) is 5.11. The fraction of sp³-hybridized carbons (Fsp3) is 0.304. The van der Waals surface area contributed by atoms with E-state index in [0.29, 0.717) is 41.4 Å². The van der Waals surface area contributed by atoms with Gasteiger partial charge in [-0.1, -0.05) is 36.4 Å². The average Bonchev–Trinajstić information content (AvgIpc) is 2.99. The molecule has 2 aliphatic rings. The predicted octanol–water partition coefficient (Wildman–Crippen LogP) is 2.54. The van der Waals surface area contributed by atoms with Crippen LogP contribution in [0.3, 0.4) is 0 Å². The minimum atomic E-state index is -0.303. The van der Waals surface area contributed by atoms with Gasteiger partial charge in [0.1, 0.15) is 11.4 Å². The first kappa shape index (κ1) is 19.2. The second-order valence-corrected chi connectivity index (χ2v) is 7.45. The number of aryl methyl sites for hydroxylation is 1. The number of likely N-dealkylation sites (N-methyl/N-ethyl adjacent to an activating group) is 1. The smallest absolute Gasteiger partial charge is 0.282 e. The molecule has 0 atom stereocenters. The van der Waals surface area contributed by atoms with Gasteiger partial charge < -0.3 is 14.5 Å². The Morgan fingerprint density at radius 2 is 1.52 bits per heavy atom. The number of carbonyl (C=O) groups is 2. The molecule has 1 saturated heterocycles. The molecule has 2 aliphatic heterocycles. The van der Waals surface area contributed by atoms with Crippen molar-refractivity contribution in [3.63, 3.8) is 0 Å². The van der Waals surface area contributed by atoms with Gasteiger partial charge in [0.2, 0.25) is 0 Å². The Morgan fingerprint density at radius 3 is 2.21 bits per heavy atom. The van der Waals surface area contributed by atoms with Gasteiger partial charge in [0.25, 0.3) is 11.8 Å². The summed E-state index contributed by atoms with van der Waals surface area (Å²) in [6, 6.07) is 14.9. The zero-order valence-corrected chi connectivity index (χ0v) is 17.0. The van der Waals surface area contributed by atoms with E-state index in [1.54, 1.807) is 7.11 Å². The van der Waals surface area contributed by atoms with Gasteiger partial charge in [0, 0.05) is 31.7 Å². The highest BCUT2D eigenvalue weighted by atomic mass is 16.5. The van der Waals surface area contributed by atoms with Crippen molar-refractivity contribution in [1.29, 1.82) is 0 Å². The Bertz CT molecular complexity index is 990. The molecule has 0 aromatic heterocycles. The van der Waals surface area contributed by atoms with Crippen LogP contribution in [-0.2, 0) is 9.59 Å². The second kappa shape index (κ2) is 7.72. The fourth-order valence-electron chi connectivity index (χ4n) is 3.97. The molecule has 2 aromatic rings. The first-order valence-electron chi connectivity index (χ1n) is 9.78. The average molecular weight is 391 g/mol. The van der Waals surface area contributed by atoms with Crippen molar-refractivity contribution in [1.82, 2.24) is 9.80 Å². The van der Waals surface area contributed by atoms with Crippen molar-refractivity contribution in [2.24, 2.45) is 0 Å². The number of amides is 2. The highest BCUT2D eigenvalue weighted by Crippen LogP contribution is 2.39. The maximum atomic E-state index is 13.6. The number of hydrogen-bond donors (Lipinski definition) is 0. The third-order valence-electron chi connectivity index (χ3n) is 5.61. The number of methoxy groups -OCH3 is 1. The Morgan fingerprint density at radius 1 is 0.862 bits per heavy atom. The van der Waals surface area contributed by atoms with Crippen molar-refractivity contribution in [3.05, 3.63) is 65.4 Å². The molecule has 0 unspecified atom stereocenters. The van der Waals surface area contributed by atoms with Crippen LogP contribution in [-0.4, -0.2) is 62.0 Å². The van der Waals surface area contributed by atoms with Gasteiger partial charge in [0.15, 0.2) is 0 Å². The molecule has 0 bridgehead atoms. The standard InChI is InChI=1S/C23H25N3O3/c1-16-8-4-6-10-18(16)26-22(27)20(17-9-5-7-11-19(17)29-3)21(23(26)28)25-14-12-24(2)13-15-25/h4-11H,12-15H2,1-3H3. The number of ether oxygens (including phenoxy) is 1. The molecule has 2 aromatic carbocycles. The Balaban J connectivity index is 1.87. The highest BCUT2D eigenvalue weighted by Gasteiger charge is 2.44. The lowest BCUT2D eigenvalue weighted by atomic mass is 10.0. The van der Waals surface area contributed by atoms with Gasteiger partial charge in [-0.3, -0.25) is 9.59 Å². The van der Waals surface area contributed by atoms with Gasteiger partial charge in [-0.15, -0.1) is 0 Å². The van der Waals surface area contributed by atoms with Gasteiger partial charge >= 0.3 is 0 Å². The predicted molar refractivity (Wildman–Crippen MR) is 113 cm³/mol. The van der Waals surface area contributed by atoms with E-state index in [2.05, 4.69) is 11.9 Å². The van der Waals surface area contributed by atoms with E-state index < -0.39 is 0 Å². The van der Waals surface area contributed by atoms with Crippen LogP contribution < -0.4 is 9.64 Å². The van der Waals surface area contributed by atoms with Crippen LogP contribution in [0.25, 0.3) is 5.57 Å². The summed E-state index contributed by atoms with van der Waals surface area (Å²) >= 11 is 0. The molecule has 6 nitrogen and oxygen atoms in total. The monoisotopic (exact) mass is 391 g/mol. The van der Waals surface area contributed by atoms with Crippen molar-refractivity contribution < 1.29 is 14.3 Å². The van der Waals surface area contributed by atoms with E-state index in [1.165, 1.54) is 4.90 Å². The van der Waals surface area contributed by atoms with Crippen LogP contribution in [0, 0.1) is 6.92 Å². The van der Waals surface area contributed by atoms with Gasteiger partial charge in [-0.05, 0) is 31.7 Å². The zero-order chi connectivity index (χ0) is 20.5. The molecule has 0 spiro atoms. The SMILES string of the molecule is COc1ccccc1C1=C(N2CCN(C)CC2)C(=O)N(c2ccccc2C)C1=O. The number of carbonyl (C=O) groups excluding carboxylic acids is 2. The lowest BCUT2D eigenvalue weighted by molar-refractivity contribution is -0.120. The van der Waals surface area contributed by atoms with Gasteiger partial charge in [-0.25, -0.2) is 4.90 Å². The molecule has 2 amide bonds. The molecule has 6 heteroatoms. The summed E-state index contributed by atoms with van der Waals surface area (Å²) in [4.78, 5) is 32.8. The minimum Gasteiger partial charge on any atom is -0.496 e. The molecule has 29 heavy (non-hydrogen) atoms.